The normalized spacial score (nSPS) is 14.0. The summed E-state index contributed by atoms with van der Waals surface area (Å²) in [6.07, 6.45) is -0.103. The van der Waals surface area contributed by atoms with Crippen molar-refractivity contribution in [3.05, 3.63) is 35.3 Å². The van der Waals surface area contributed by atoms with Gasteiger partial charge in [-0.2, -0.15) is 0 Å². The molecule has 7 heteroatoms. The summed E-state index contributed by atoms with van der Waals surface area (Å²) in [5, 5.41) is 2.50. The summed E-state index contributed by atoms with van der Waals surface area (Å²) >= 11 is 0. The molecule has 0 spiro atoms. The quantitative estimate of drug-likeness (QED) is 0.851. The number of anilines is 2. The third-order valence-electron chi connectivity index (χ3n) is 3.26. The fourth-order valence-corrected chi connectivity index (χ4v) is 2.17. The van der Waals surface area contributed by atoms with E-state index in [0.717, 1.165) is 6.07 Å². The molecule has 6 nitrogen and oxygen atoms in total. The SMILES string of the molecule is CC(=C=O)CC(=O)Nc1ccc(N2CCOCC2=C=O)c(F)c1. The molecule has 0 bridgehead atoms. The average molecular weight is 318 g/mol. The maximum absolute atomic E-state index is 14.3. The molecule has 0 unspecified atom stereocenters. The van der Waals surface area contributed by atoms with Gasteiger partial charge in [0, 0.05) is 17.8 Å². The number of nitrogens with zero attached hydrogens (tertiary/aromatic N) is 1. The smallest absolute Gasteiger partial charge is 0.229 e. The molecule has 1 N–H and O–H groups in total. The van der Waals surface area contributed by atoms with Crippen LogP contribution >= 0.6 is 0 Å². The van der Waals surface area contributed by atoms with Crippen LogP contribution in [0.25, 0.3) is 0 Å². The van der Waals surface area contributed by atoms with Gasteiger partial charge in [0.15, 0.2) is 0 Å². The highest BCUT2D eigenvalue weighted by molar-refractivity contribution is 5.93. The first kappa shape index (κ1) is 16.6. The topological polar surface area (TPSA) is 75.7 Å². The molecular formula is C16H15FN2O4. The molecule has 1 aliphatic rings. The van der Waals surface area contributed by atoms with Crippen LogP contribution in [0.15, 0.2) is 29.5 Å². The molecule has 0 aromatic heterocycles. The second kappa shape index (κ2) is 7.51. The number of benzene rings is 1. The van der Waals surface area contributed by atoms with Gasteiger partial charge in [-0.1, -0.05) is 0 Å². The van der Waals surface area contributed by atoms with Crippen LogP contribution in [0.5, 0.6) is 0 Å². The minimum atomic E-state index is -0.583. The number of nitrogens with one attached hydrogen (secondary N) is 1. The summed E-state index contributed by atoms with van der Waals surface area (Å²) < 4.78 is 19.4. The number of hydrogen-bond donors (Lipinski definition) is 1. The van der Waals surface area contributed by atoms with Crippen LogP contribution in [-0.4, -0.2) is 37.5 Å². The summed E-state index contributed by atoms with van der Waals surface area (Å²) in [4.78, 5) is 34.4. The van der Waals surface area contributed by atoms with Gasteiger partial charge >= 0.3 is 0 Å². The average Bonchev–Trinajstić information content (AvgIpc) is 2.54. The Morgan fingerprint density at radius 3 is 2.87 bits per heavy atom. The molecule has 120 valence electrons. The maximum atomic E-state index is 14.3. The van der Waals surface area contributed by atoms with Crippen molar-refractivity contribution in [3.8, 4) is 0 Å². The van der Waals surface area contributed by atoms with Crippen molar-refractivity contribution in [2.24, 2.45) is 0 Å². The first-order chi connectivity index (χ1) is 11.0. The van der Waals surface area contributed by atoms with E-state index in [-0.39, 0.29) is 35.7 Å². The zero-order valence-electron chi connectivity index (χ0n) is 12.5. The molecule has 1 saturated heterocycles. The fourth-order valence-electron chi connectivity index (χ4n) is 2.17. The van der Waals surface area contributed by atoms with E-state index in [4.69, 9.17) is 4.74 Å². The van der Waals surface area contributed by atoms with E-state index in [1.54, 1.807) is 11.9 Å². The predicted molar refractivity (Wildman–Crippen MR) is 81.9 cm³/mol. The maximum Gasteiger partial charge on any atom is 0.229 e. The molecule has 1 heterocycles. The number of ether oxygens (including phenoxy) is 1. The summed E-state index contributed by atoms with van der Waals surface area (Å²) in [5.41, 5.74) is 0.959. The third kappa shape index (κ3) is 4.14. The molecular weight excluding hydrogens is 303 g/mol. The van der Waals surface area contributed by atoms with Gasteiger partial charge in [0.05, 0.1) is 25.3 Å². The van der Waals surface area contributed by atoms with Crippen LogP contribution < -0.4 is 10.2 Å². The van der Waals surface area contributed by atoms with E-state index < -0.39 is 11.7 Å². The van der Waals surface area contributed by atoms with E-state index in [2.05, 4.69) is 5.32 Å². The summed E-state index contributed by atoms with van der Waals surface area (Å²) in [6.45, 7) is 2.29. The highest BCUT2D eigenvalue weighted by atomic mass is 19.1. The van der Waals surface area contributed by atoms with Crippen LogP contribution in [-0.2, 0) is 19.1 Å². The lowest BCUT2D eigenvalue weighted by atomic mass is 10.2. The largest absolute Gasteiger partial charge is 0.373 e. The Hall–Kier alpha value is -2.72. The highest BCUT2D eigenvalue weighted by Crippen LogP contribution is 2.26. The second-order valence-electron chi connectivity index (χ2n) is 5.03. The molecule has 1 fully saturated rings. The number of amides is 1. The van der Waals surface area contributed by atoms with Gasteiger partial charge in [-0.05, 0) is 25.1 Å². The highest BCUT2D eigenvalue weighted by Gasteiger charge is 2.21. The minimum absolute atomic E-state index is 0.0821. The lowest BCUT2D eigenvalue weighted by Crippen LogP contribution is -2.35. The van der Waals surface area contributed by atoms with E-state index in [9.17, 15) is 18.8 Å². The molecule has 0 atom stereocenters. The lowest BCUT2D eigenvalue weighted by Gasteiger charge is -2.29. The van der Waals surface area contributed by atoms with Crippen LogP contribution in [0.2, 0.25) is 0 Å². The number of morpholine rings is 1. The number of rotatable bonds is 4. The number of carbonyl (C=O) groups excluding carboxylic acids is 3. The Kier molecular flexibility index (Phi) is 5.44. The predicted octanol–water partition coefficient (Wildman–Crippen LogP) is 1.48. The molecule has 1 aromatic carbocycles. The molecule has 1 aliphatic heterocycles. The Labute approximate surface area is 132 Å². The van der Waals surface area contributed by atoms with Crippen LogP contribution in [0.3, 0.4) is 0 Å². The van der Waals surface area contributed by atoms with Crippen molar-refractivity contribution in [3.63, 3.8) is 0 Å². The van der Waals surface area contributed by atoms with E-state index in [1.807, 2.05) is 0 Å². The van der Waals surface area contributed by atoms with Gasteiger partial charge in [-0.25, -0.2) is 14.0 Å². The van der Waals surface area contributed by atoms with Crippen molar-refractivity contribution in [2.75, 3.05) is 30.0 Å². The zero-order valence-corrected chi connectivity index (χ0v) is 12.5. The molecule has 1 aromatic rings. The number of carbonyl (C=O) groups is 1. The van der Waals surface area contributed by atoms with Gasteiger partial charge in [0.1, 0.15) is 23.4 Å². The monoisotopic (exact) mass is 318 g/mol. The summed E-state index contributed by atoms with van der Waals surface area (Å²) in [7, 11) is 0. The molecule has 1 amide bonds. The van der Waals surface area contributed by atoms with Gasteiger partial charge < -0.3 is 15.0 Å². The molecule has 0 aliphatic carbocycles. The van der Waals surface area contributed by atoms with E-state index in [1.165, 1.54) is 24.0 Å². The minimum Gasteiger partial charge on any atom is -0.373 e. The summed E-state index contributed by atoms with van der Waals surface area (Å²) in [5.74, 6) is 2.36. The fraction of sp³-hybridized carbons (Fsp3) is 0.312. The van der Waals surface area contributed by atoms with Gasteiger partial charge in [0.25, 0.3) is 0 Å². The molecule has 0 saturated carbocycles. The molecule has 2 rings (SSSR count). The Morgan fingerprint density at radius 1 is 1.43 bits per heavy atom. The first-order valence-corrected chi connectivity index (χ1v) is 6.94. The van der Waals surface area contributed by atoms with Crippen LogP contribution in [0, 0.1) is 5.82 Å². The standard InChI is InChI=1S/C16H15FN2O4/c1-11(8-20)6-16(22)18-12-2-3-15(14(17)7-12)19-4-5-23-10-13(19)9-21/h2-3,7H,4-6,10H2,1H3,(H,18,22). The van der Waals surface area contributed by atoms with Gasteiger partial charge in [-0.3, -0.25) is 4.79 Å². The van der Waals surface area contributed by atoms with Crippen LogP contribution in [0.4, 0.5) is 15.8 Å². The molecule has 0 radical (unpaired) electrons. The van der Waals surface area contributed by atoms with Crippen molar-refractivity contribution in [1.82, 2.24) is 0 Å². The number of halogens is 1. The second-order valence-corrected chi connectivity index (χ2v) is 5.03. The van der Waals surface area contributed by atoms with Crippen LogP contribution in [0.1, 0.15) is 13.3 Å². The Bertz CT molecular complexity index is 719. The zero-order chi connectivity index (χ0) is 16.8. The lowest BCUT2D eigenvalue weighted by molar-refractivity contribution is -0.115. The third-order valence-corrected chi connectivity index (χ3v) is 3.26. The van der Waals surface area contributed by atoms with Crippen molar-refractivity contribution < 1.29 is 23.5 Å². The van der Waals surface area contributed by atoms with Crippen molar-refractivity contribution in [1.29, 1.82) is 0 Å². The van der Waals surface area contributed by atoms with Crippen molar-refractivity contribution >= 4 is 29.2 Å². The summed E-state index contributed by atoms with van der Waals surface area (Å²) in [6, 6.07) is 4.15. The first-order valence-electron chi connectivity index (χ1n) is 6.94. The van der Waals surface area contributed by atoms with Crippen molar-refractivity contribution in [2.45, 2.75) is 13.3 Å². The Balaban J connectivity index is 2.16. The number of hydrogen-bond acceptors (Lipinski definition) is 5. The van der Waals surface area contributed by atoms with E-state index in [0.29, 0.717) is 13.2 Å². The molecule has 23 heavy (non-hydrogen) atoms. The van der Waals surface area contributed by atoms with Gasteiger partial charge in [-0.15, -0.1) is 0 Å². The Morgan fingerprint density at radius 2 is 2.22 bits per heavy atom. The van der Waals surface area contributed by atoms with Gasteiger partial charge in [0.2, 0.25) is 5.91 Å². The van der Waals surface area contributed by atoms with E-state index >= 15 is 0 Å².